The molecule has 1 heterocycles. The summed E-state index contributed by atoms with van der Waals surface area (Å²) in [6, 6.07) is 22.4. The molecule has 0 saturated carbocycles. The van der Waals surface area contributed by atoms with Crippen LogP contribution in [0.3, 0.4) is 0 Å². The predicted molar refractivity (Wildman–Crippen MR) is 116 cm³/mol. The van der Waals surface area contributed by atoms with E-state index in [2.05, 4.69) is 42.7 Å². The number of aryl methyl sites for hydroxylation is 3. The van der Waals surface area contributed by atoms with Gasteiger partial charge in [0.25, 0.3) is 0 Å². The fourth-order valence-electron chi connectivity index (χ4n) is 3.58. The van der Waals surface area contributed by atoms with Gasteiger partial charge < -0.3 is 9.30 Å². The number of ether oxygens (including phenoxy) is 1. The summed E-state index contributed by atoms with van der Waals surface area (Å²) in [6.45, 7) is 5.64. The van der Waals surface area contributed by atoms with Crippen LogP contribution in [0.25, 0.3) is 22.4 Å². The van der Waals surface area contributed by atoms with Gasteiger partial charge >= 0.3 is 0 Å². The number of fused-ring (bicyclic) bond motifs is 1. The second-order valence-electron chi connectivity index (χ2n) is 7.08. The van der Waals surface area contributed by atoms with Crippen molar-refractivity contribution in [3.05, 3.63) is 82.9 Å². The molecular formula is C24H23ClN2O. The van der Waals surface area contributed by atoms with Crippen LogP contribution in [0.2, 0.25) is 5.02 Å². The number of para-hydroxylation sites is 2. The molecule has 0 saturated heterocycles. The van der Waals surface area contributed by atoms with Gasteiger partial charge in [-0.1, -0.05) is 41.9 Å². The van der Waals surface area contributed by atoms with Crippen molar-refractivity contribution in [2.24, 2.45) is 0 Å². The zero-order valence-electron chi connectivity index (χ0n) is 16.2. The van der Waals surface area contributed by atoms with E-state index in [1.54, 1.807) is 0 Å². The lowest BCUT2D eigenvalue weighted by molar-refractivity contribution is 0.302. The first kappa shape index (κ1) is 18.6. The third-order valence-corrected chi connectivity index (χ3v) is 5.09. The summed E-state index contributed by atoms with van der Waals surface area (Å²) in [4.78, 5) is 4.84. The van der Waals surface area contributed by atoms with Crippen molar-refractivity contribution in [2.75, 3.05) is 6.61 Å². The van der Waals surface area contributed by atoms with Gasteiger partial charge in [-0.05, 0) is 67.8 Å². The molecule has 0 bridgehead atoms. The Morgan fingerprint density at radius 2 is 1.64 bits per heavy atom. The number of hydrogen-bond donors (Lipinski definition) is 0. The second kappa shape index (κ2) is 8.07. The Balaban J connectivity index is 1.56. The Morgan fingerprint density at radius 1 is 0.929 bits per heavy atom. The maximum atomic E-state index is 6.45. The molecule has 0 atom stereocenters. The van der Waals surface area contributed by atoms with Crippen molar-refractivity contribution in [3.8, 4) is 17.1 Å². The van der Waals surface area contributed by atoms with Crippen LogP contribution in [0.5, 0.6) is 5.75 Å². The fraction of sp³-hybridized carbons (Fsp3) is 0.208. The summed E-state index contributed by atoms with van der Waals surface area (Å²) in [5.74, 6) is 1.83. The van der Waals surface area contributed by atoms with E-state index < -0.39 is 0 Å². The summed E-state index contributed by atoms with van der Waals surface area (Å²) in [6.07, 6.45) is 0.880. The molecule has 0 aliphatic heterocycles. The first-order valence-electron chi connectivity index (χ1n) is 9.53. The third-order valence-electron chi connectivity index (χ3n) is 4.76. The first-order valence-corrected chi connectivity index (χ1v) is 9.91. The van der Waals surface area contributed by atoms with Crippen molar-refractivity contribution in [2.45, 2.75) is 26.8 Å². The third kappa shape index (κ3) is 3.90. The molecule has 28 heavy (non-hydrogen) atoms. The molecule has 4 aromatic rings. The monoisotopic (exact) mass is 390 g/mol. The number of nitrogens with zero attached hydrogens (tertiary/aromatic N) is 2. The Bertz CT molecular complexity index is 1100. The van der Waals surface area contributed by atoms with Crippen molar-refractivity contribution >= 4 is 22.6 Å². The van der Waals surface area contributed by atoms with E-state index in [4.69, 9.17) is 21.3 Å². The molecule has 0 spiro atoms. The van der Waals surface area contributed by atoms with Crippen LogP contribution < -0.4 is 4.74 Å². The number of halogens is 1. The molecule has 0 aliphatic carbocycles. The molecule has 4 heteroatoms. The van der Waals surface area contributed by atoms with Crippen LogP contribution in [-0.4, -0.2) is 16.2 Å². The second-order valence-corrected chi connectivity index (χ2v) is 7.49. The molecule has 0 amide bonds. The highest BCUT2D eigenvalue weighted by Crippen LogP contribution is 2.30. The minimum absolute atomic E-state index is 0.650. The number of hydrogen-bond acceptors (Lipinski definition) is 2. The standard InChI is InChI=1S/C24H23ClN2O/c1-17-14-18(2)16-19(15-17)28-13-7-12-27-23-11-6-5-10-22(23)26-24(27)20-8-3-4-9-21(20)25/h3-6,8-11,14-16H,7,12-13H2,1-2H3. The molecule has 0 unspecified atom stereocenters. The van der Waals surface area contributed by atoms with Gasteiger partial charge in [0.2, 0.25) is 0 Å². The number of imidazole rings is 1. The summed E-state index contributed by atoms with van der Waals surface area (Å²) < 4.78 is 8.23. The molecule has 0 N–H and O–H groups in total. The van der Waals surface area contributed by atoms with E-state index in [9.17, 15) is 0 Å². The van der Waals surface area contributed by atoms with Crippen LogP contribution in [-0.2, 0) is 6.54 Å². The molecule has 3 aromatic carbocycles. The van der Waals surface area contributed by atoms with Crippen molar-refractivity contribution in [1.29, 1.82) is 0 Å². The molecule has 0 radical (unpaired) electrons. The predicted octanol–water partition coefficient (Wildman–Crippen LogP) is 6.44. The highest BCUT2D eigenvalue weighted by Gasteiger charge is 2.14. The van der Waals surface area contributed by atoms with Gasteiger partial charge in [0, 0.05) is 12.1 Å². The average molecular weight is 391 g/mol. The maximum absolute atomic E-state index is 6.45. The van der Waals surface area contributed by atoms with E-state index in [-0.39, 0.29) is 0 Å². The number of benzene rings is 3. The van der Waals surface area contributed by atoms with Gasteiger partial charge in [-0.15, -0.1) is 0 Å². The van der Waals surface area contributed by atoms with E-state index in [1.165, 1.54) is 11.1 Å². The molecule has 142 valence electrons. The zero-order valence-corrected chi connectivity index (χ0v) is 16.9. The van der Waals surface area contributed by atoms with Crippen molar-refractivity contribution in [1.82, 2.24) is 9.55 Å². The van der Waals surface area contributed by atoms with E-state index in [0.29, 0.717) is 11.6 Å². The van der Waals surface area contributed by atoms with Gasteiger partial charge in [0.1, 0.15) is 11.6 Å². The molecule has 0 aliphatic rings. The van der Waals surface area contributed by atoms with Crippen LogP contribution in [0.15, 0.2) is 66.7 Å². The Hall–Kier alpha value is -2.78. The lowest BCUT2D eigenvalue weighted by Crippen LogP contribution is -2.06. The number of rotatable bonds is 6. The van der Waals surface area contributed by atoms with Crippen LogP contribution >= 0.6 is 11.6 Å². The Labute approximate surface area is 170 Å². The maximum Gasteiger partial charge on any atom is 0.142 e. The smallest absolute Gasteiger partial charge is 0.142 e. The fourth-order valence-corrected chi connectivity index (χ4v) is 3.80. The van der Waals surface area contributed by atoms with Gasteiger partial charge in [-0.3, -0.25) is 0 Å². The van der Waals surface area contributed by atoms with Crippen LogP contribution in [0.4, 0.5) is 0 Å². The lowest BCUT2D eigenvalue weighted by atomic mass is 10.1. The summed E-state index contributed by atoms with van der Waals surface area (Å²) >= 11 is 6.45. The molecular weight excluding hydrogens is 368 g/mol. The minimum Gasteiger partial charge on any atom is -0.494 e. The van der Waals surface area contributed by atoms with Gasteiger partial charge in [0.05, 0.1) is 22.7 Å². The van der Waals surface area contributed by atoms with Crippen molar-refractivity contribution < 1.29 is 4.74 Å². The van der Waals surface area contributed by atoms with E-state index in [0.717, 1.165) is 41.1 Å². The minimum atomic E-state index is 0.650. The van der Waals surface area contributed by atoms with Crippen molar-refractivity contribution in [3.63, 3.8) is 0 Å². The van der Waals surface area contributed by atoms with Gasteiger partial charge in [-0.2, -0.15) is 0 Å². The zero-order chi connectivity index (χ0) is 19.5. The van der Waals surface area contributed by atoms with Gasteiger partial charge in [-0.25, -0.2) is 4.98 Å². The normalized spacial score (nSPS) is 11.1. The highest BCUT2D eigenvalue weighted by atomic mass is 35.5. The van der Waals surface area contributed by atoms with E-state index >= 15 is 0 Å². The quantitative estimate of drug-likeness (QED) is 0.354. The SMILES string of the molecule is Cc1cc(C)cc(OCCCn2c(-c3ccccc3Cl)nc3ccccc32)c1. The molecule has 3 nitrogen and oxygen atoms in total. The van der Waals surface area contributed by atoms with E-state index in [1.807, 2.05) is 42.5 Å². The Kier molecular flexibility index (Phi) is 5.36. The van der Waals surface area contributed by atoms with Gasteiger partial charge in [0.15, 0.2) is 0 Å². The molecule has 0 fully saturated rings. The Morgan fingerprint density at radius 3 is 2.43 bits per heavy atom. The molecule has 1 aromatic heterocycles. The highest BCUT2D eigenvalue weighted by molar-refractivity contribution is 6.33. The number of aromatic nitrogens is 2. The van der Waals surface area contributed by atoms with Crippen LogP contribution in [0, 0.1) is 13.8 Å². The average Bonchev–Trinajstić information content (AvgIpc) is 3.03. The summed E-state index contributed by atoms with van der Waals surface area (Å²) in [5, 5.41) is 0.713. The largest absolute Gasteiger partial charge is 0.494 e. The summed E-state index contributed by atoms with van der Waals surface area (Å²) in [7, 11) is 0. The lowest BCUT2D eigenvalue weighted by Gasteiger charge is -2.12. The summed E-state index contributed by atoms with van der Waals surface area (Å²) in [5.41, 5.74) is 5.49. The molecule has 4 rings (SSSR count). The first-order chi connectivity index (χ1) is 13.6. The topological polar surface area (TPSA) is 27.1 Å². The van der Waals surface area contributed by atoms with Crippen LogP contribution in [0.1, 0.15) is 17.5 Å².